The minimum absolute atomic E-state index is 0.0544. The van der Waals surface area contributed by atoms with E-state index in [-0.39, 0.29) is 43.4 Å². The number of aromatic nitrogens is 4. The van der Waals surface area contributed by atoms with E-state index in [1.165, 1.54) is 6.33 Å². The molecule has 0 aliphatic heterocycles. The lowest BCUT2D eigenvalue weighted by Crippen LogP contribution is -2.55. The Labute approximate surface area is 302 Å². The van der Waals surface area contributed by atoms with Gasteiger partial charge in [0.2, 0.25) is 17.7 Å². The average molecular weight is 717 g/mol. The van der Waals surface area contributed by atoms with Gasteiger partial charge in [0, 0.05) is 32.0 Å². The predicted molar refractivity (Wildman–Crippen MR) is 192 cm³/mol. The van der Waals surface area contributed by atoms with Crippen molar-refractivity contribution in [1.82, 2.24) is 41.4 Å². The number of hydrogen-bond acceptors (Lipinski definition) is 10. The van der Waals surface area contributed by atoms with Gasteiger partial charge in [-0.2, -0.15) is 4.98 Å². The van der Waals surface area contributed by atoms with Gasteiger partial charge in [0.05, 0.1) is 12.0 Å². The van der Waals surface area contributed by atoms with Crippen molar-refractivity contribution in [3.05, 3.63) is 94.7 Å². The molecule has 0 spiro atoms. The molecule has 9 N–H and O–H groups in total. The lowest BCUT2D eigenvalue weighted by Gasteiger charge is -2.27. The van der Waals surface area contributed by atoms with Crippen LogP contribution in [-0.2, 0) is 33.6 Å². The number of aromatic amines is 1. The Morgan fingerprint density at radius 2 is 1.71 bits per heavy atom. The summed E-state index contributed by atoms with van der Waals surface area (Å²) in [5.41, 5.74) is 8.38. The van der Waals surface area contributed by atoms with Crippen molar-refractivity contribution in [2.45, 2.75) is 90.4 Å². The monoisotopic (exact) mass is 716 g/mol. The summed E-state index contributed by atoms with van der Waals surface area (Å²) in [6.07, 6.45) is 3.58. The zero-order valence-electron chi connectivity index (χ0n) is 30.1. The number of nitrogens with one attached hydrogen (secondary N) is 6. The topological polar surface area (TPSA) is 246 Å². The number of rotatable bonds is 16. The second-order valence-electron chi connectivity index (χ2n) is 13.5. The number of benzene rings is 2. The van der Waals surface area contributed by atoms with Crippen molar-refractivity contribution >= 4 is 23.9 Å². The highest BCUT2D eigenvalue weighted by Crippen LogP contribution is 2.23. The van der Waals surface area contributed by atoms with E-state index in [0.717, 1.165) is 22.3 Å². The molecule has 0 radical (unpaired) electrons. The number of guanidine groups is 1. The number of carbonyl (C=O) groups is 3. The molecule has 16 heteroatoms. The molecule has 2 aromatic carbocycles. The van der Waals surface area contributed by atoms with Gasteiger partial charge in [0.25, 0.3) is 0 Å². The maximum absolute atomic E-state index is 14.3. The van der Waals surface area contributed by atoms with Crippen molar-refractivity contribution in [2.24, 2.45) is 5.73 Å². The van der Waals surface area contributed by atoms with Crippen LogP contribution in [0, 0.1) is 19.3 Å². The number of ether oxygens (including phenoxy) is 1. The van der Waals surface area contributed by atoms with Crippen LogP contribution in [0.3, 0.4) is 0 Å². The highest BCUT2D eigenvalue weighted by atomic mass is 16.6. The number of nitrogens with zero attached hydrogens (tertiary/aromatic N) is 3. The molecular weight excluding hydrogens is 668 g/mol. The maximum Gasteiger partial charge on any atom is 0.408 e. The number of nitrogens with two attached hydrogens (primary N) is 1. The van der Waals surface area contributed by atoms with Crippen LogP contribution in [0.15, 0.2) is 59.5 Å². The molecule has 2 aromatic heterocycles. The van der Waals surface area contributed by atoms with Gasteiger partial charge in [-0.25, -0.2) is 9.78 Å². The number of imidazole rings is 1. The first-order valence-electron chi connectivity index (χ1n) is 17.0. The highest BCUT2D eigenvalue weighted by Gasteiger charge is 2.32. The summed E-state index contributed by atoms with van der Waals surface area (Å²) in [6.45, 7) is 9.00. The number of phenolic OH excluding ortho intramolecular Hbond substituents is 1. The molecule has 0 fully saturated rings. The lowest BCUT2D eigenvalue weighted by atomic mass is 9.95. The van der Waals surface area contributed by atoms with E-state index < -0.39 is 41.6 Å². The van der Waals surface area contributed by atoms with Crippen LogP contribution in [0.4, 0.5) is 4.79 Å². The number of aromatic hydroxyl groups is 1. The molecule has 0 bridgehead atoms. The predicted octanol–water partition coefficient (Wildman–Crippen LogP) is 2.99. The molecular formula is C36H48N10O6. The smallest absolute Gasteiger partial charge is 0.408 e. The van der Waals surface area contributed by atoms with E-state index in [1.54, 1.807) is 52.9 Å². The molecule has 278 valence electrons. The van der Waals surface area contributed by atoms with Gasteiger partial charge in [0.15, 0.2) is 11.8 Å². The average Bonchev–Trinajstić information content (AvgIpc) is 3.75. The summed E-state index contributed by atoms with van der Waals surface area (Å²) in [7, 11) is 0. The zero-order chi connectivity index (χ0) is 37.8. The number of amides is 3. The molecule has 0 aliphatic carbocycles. The molecule has 0 saturated carbocycles. The Bertz CT molecular complexity index is 1780. The third kappa shape index (κ3) is 12.1. The number of H-pyrrole nitrogens is 1. The van der Waals surface area contributed by atoms with Gasteiger partial charge in [-0.1, -0.05) is 35.5 Å². The normalized spacial score (nSPS) is 13.0. The fourth-order valence-electron chi connectivity index (χ4n) is 5.57. The van der Waals surface area contributed by atoms with Gasteiger partial charge in [-0.3, -0.25) is 15.0 Å². The maximum atomic E-state index is 14.3. The fraction of sp³-hybridized carbons (Fsp3) is 0.417. The van der Waals surface area contributed by atoms with E-state index in [4.69, 9.17) is 20.4 Å². The van der Waals surface area contributed by atoms with Crippen molar-refractivity contribution in [3.63, 3.8) is 0 Å². The van der Waals surface area contributed by atoms with Crippen LogP contribution in [0.2, 0.25) is 0 Å². The van der Waals surface area contributed by atoms with Gasteiger partial charge in [-0.05, 0) is 81.8 Å². The molecule has 52 heavy (non-hydrogen) atoms. The Morgan fingerprint density at radius 3 is 2.35 bits per heavy atom. The van der Waals surface area contributed by atoms with Crippen molar-refractivity contribution in [2.75, 3.05) is 6.54 Å². The molecule has 0 saturated heterocycles. The fourth-order valence-corrected chi connectivity index (χ4v) is 5.57. The number of aryl methyl sites for hydroxylation is 2. The first kappa shape index (κ1) is 38.9. The molecule has 0 unspecified atom stereocenters. The standard InChI is InChI=1S/C36H48N10O6/c1-21-14-25(47)15-22(2)26(21)18-28(42-31(48)27(12-9-13-40-34(37)38)44-35(50)51-36(3,4)5)32(49)43-29(17-24-19-39-20-41-24)33-45-30(46-52-33)16-23-10-7-6-8-11-23/h6-8,10-11,14-15,19-20,27-29,47H,9,12-13,16-18H2,1-5H3,(H,39,41)(H,42,48)(H,43,49)(H,44,50)(H4,37,38,40)/t27-,28+,29+/m1/s1. The van der Waals surface area contributed by atoms with Crippen LogP contribution >= 0.6 is 0 Å². The van der Waals surface area contributed by atoms with E-state index in [2.05, 4.69) is 41.4 Å². The summed E-state index contributed by atoms with van der Waals surface area (Å²) >= 11 is 0. The number of carbonyl (C=O) groups excluding carboxylic acids is 3. The largest absolute Gasteiger partial charge is 0.508 e. The Balaban J connectivity index is 1.62. The van der Waals surface area contributed by atoms with Crippen LogP contribution in [0.25, 0.3) is 0 Å². The third-order valence-corrected chi connectivity index (χ3v) is 7.99. The number of alkyl carbamates (subject to hydrolysis) is 1. The quantitative estimate of drug-likeness (QED) is 0.0476. The molecule has 16 nitrogen and oxygen atoms in total. The van der Waals surface area contributed by atoms with E-state index in [9.17, 15) is 19.5 Å². The van der Waals surface area contributed by atoms with Gasteiger partial charge in [-0.15, -0.1) is 0 Å². The lowest BCUT2D eigenvalue weighted by molar-refractivity contribution is -0.130. The summed E-state index contributed by atoms with van der Waals surface area (Å²) in [4.78, 5) is 52.9. The minimum Gasteiger partial charge on any atom is -0.508 e. The Morgan fingerprint density at radius 1 is 1.02 bits per heavy atom. The van der Waals surface area contributed by atoms with Gasteiger partial charge < -0.3 is 46.4 Å². The van der Waals surface area contributed by atoms with Gasteiger partial charge in [0.1, 0.15) is 29.5 Å². The van der Waals surface area contributed by atoms with Crippen molar-refractivity contribution in [1.29, 1.82) is 5.41 Å². The second-order valence-corrected chi connectivity index (χ2v) is 13.5. The first-order valence-corrected chi connectivity index (χ1v) is 17.0. The summed E-state index contributed by atoms with van der Waals surface area (Å²) < 4.78 is 11.1. The van der Waals surface area contributed by atoms with E-state index in [1.807, 2.05) is 30.3 Å². The first-order chi connectivity index (χ1) is 24.7. The SMILES string of the molecule is Cc1cc(O)cc(C)c1C[C@H](NC(=O)[C@@H](CCCNC(=N)N)NC(=O)OC(C)(C)C)C(=O)N[C@@H](Cc1c[nH]cn1)c1nc(Cc2ccccc2)no1. The summed E-state index contributed by atoms with van der Waals surface area (Å²) in [5, 5.41) is 32.9. The molecule has 2 heterocycles. The van der Waals surface area contributed by atoms with E-state index in [0.29, 0.717) is 24.4 Å². The van der Waals surface area contributed by atoms with Crippen LogP contribution in [0.1, 0.15) is 79.3 Å². The molecule has 3 amide bonds. The van der Waals surface area contributed by atoms with Crippen LogP contribution in [0.5, 0.6) is 5.75 Å². The molecule has 4 aromatic rings. The second kappa shape index (κ2) is 17.8. The Kier molecular flexibility index (Phi) is 13.3. The summed E-state index contributed by atoms with van der Waals surface area (Å²) in [5.74, 6) is -0.751. The van der Waals surface area contributed by atoms with Crippen molar-refractivity contribution in [3.8, 4) is 5.75 Å². The van der Waals surface area contributed by atoms with Crippen LogP contribution in [-0.4, -0.2) is 73.3 Å². The third-order valence-electron chi connectivity index (χ3n) is 7.99. The molecule has 3 atom stereocenters. The summed E-state index contributed by atoms with van der Waals surface area (Å²) in [6, 6.07) is 9.75. The van der Waals surface area contributed by atoms with E-state index >= 15 is 0 Å². The number of hydrogen-bond donors (Lipinski definition) is 8. The van der Waals surface area contributed by atoms with Crippen LogP contribution < -0.4 is 27.0 Å². The Hall–Kier alpha value is -5.93. The van der Waals surface area contributed by atoms with Crippen molar-refractivity contribution < 1.29 is 28.8 Å². The minimum atomic E-state index is -1.15. The number of phenols is 1. The molecule has 0 aliphatic rings. The highest BCUT2D eigenvalue weighted by molar-refractivity contribution is 5.91. The zero-order valence-corrected chi connectivity index (χ0v) is 30.1. The molecule has 4 rings (SSSR count). The van der Waals surface area contributed by atoms with Gasteiger partial charge >= 0.3 is 6.09 Å².